The van der Waals surface area contributed by atoms with E-state index < -0.39 is 0 Å². The summed E-state index contributed by atoms with van der Waals surface area (Å²) in [5.74, 6) is -0.249. The van der Waals surface area contributed by atoms with Gasteiger partial charge in [0.2, 0.25) is 0 Å². The summed E-state index contributed by atoms with van der Waals surface area (Å²) >= 11 is 0. The highest BCUT2D eigenvalue weighted by Crippen LogP contribution is 2.41. The Morgan fingerprint density at radius 1 is 0.730 bits per heavy atom. The number of furan rings is 1. The lowest BCUT2D eigenvalue weighted by Gasteiger charge is -2.12. The molecule has 3 nitrogen and oxygen atoms in total. The second-order valence-corrected chi connectivity index (χ2v) is 9.32. The van der Waals surface area contributed by atoms with Gasteiger partial charge in [0.15, 0.2) is 7.85 Å². The second-order valence-electron chi connectivity index (χ2n) is 9.32. The molecule has 0 aliphatic rings. The molecule has 37 heavy (non-hydrogen) atoms. The standard InChI is InChI=1S/C30H20B3FN2O/c31-24-26(34)25(32)30(33)36-27(24)22-11-5-10-20-21-13-12-19(15-35)23(29(21)37-28(20)22)18-9-4-8-17(14-18)16-6-2-1-3-7-16/h1-14H,31-33H2. The topological polar surface area (TPSA) is 49.8 Å². The first-order valence-electron chi connectivity index (χ1n) is 12.2. The maximum absolute atomic E-state index is 15.0. The van der Waals surface area contributed by atoms with E-state index in [1.807, 2.05) is 68.5 Å². The normalized spacial score (nSPS) is 11.1. The van der Waals surface area contributed by atoms with Gasteiger partial charge in [-0.3, -0.25) is 4.98 Å². The van der Waals surface area contributed by atoms with Crippen molar-refractivity contribution in [2.24, 2.45) is 0 Å². The number of pyridine rings is 1. The smallest absolute Gasteiger partial charge is 0.163 e. The molecule has 4 aromatic carbocycles. The van der Waals surface area contributed by atoms with Gasteiger partial charge in [-0.25, -0.2) is 4.39 Å². The van der Waals surface area contributed by atoms with E-state index in [1.165, 1.54) is 0 Å². The van der Waals surface area contributed by atoms with Gasteiger partial charge in [0.25, 0.3) is 0 Å². The minimum Gasteiger partial charge on any atom is -0.455 e. The van der Waals surface area contributed by atoms with Gasteiger partial charge in [0.05, 0.1) is 17.3 Å². The fourth-order valence-electron chi connectivity index (χ4n) is 5.05. The highest BCUT2D eigenvalue weighted by atomic mass is 19.1. The first-order valence-corrected chi connectivity index (χ1v) is 12.2. The Kier molecular flexibility index (Phi) is 5.46. The van der Waals surface area contributed by atoms with Crippen molar-refractivity contribution < 1.29 is 8.81 Å². The SMILES string of the molecule is Bc1nc(-c2cccc3c2oc2c(-c4cccc(-c5ccccc5)c4)c(C#N)ccc23)c(B)c(F)c1B. The average Bonchev–Trinajstić information content (AvgIpc) is 3.33. The Morgan fingerprint density at radius 2 is 1.43 bits per heavy atom. The van der Waals surface area contributed by atoms with Gasteiger partial charge >= 0.3 is 0 Å². The van der Waals surface area contributed by atoms with Crippen LogP contribution in [0.4, 0.5) is 4.39 Å². The highest BCUT2D eigenvalue weighted by molar-refractivity contribution is 6.50. The first-order chi connectivity index (χ1) is 18.0. The van der Waals surface area contributed by atoms with Crippen molar-refractivity contribution in [2.75, 3.05) is 0 Å². The van der Waals surface area contributed by atoms with Crippen molar-refractivity contribution in [3.05, 3.63) is 96.3 Å². The summed E-state index contributed by atoms with van der Waals surface area (Å²) in [5, 5.41) is 11.8. The molecular formula is C30H20B3FN2O. The third-order valence-corrected chi connectivity index (χ3v) is 7.14. The first kappa shape index (κ1) is 22.9. The predicted octanol–water partition coefficient (Wildman–Crippen LogP) is 2.77. The number of nitriles is 1. The third kappa shape index (κ3) is 3.65. The molecule has 0 saturated heterocycles. The van der Waals surface area contributed by atoms with E-state index >= 15 is 0 Å². The van der Waals surface area contributed by atoms with Crippen LogP contribution in [-0.4, -0.2) is 28.5 Å². The minimum absolute atomic E-state index is 0.249. The van der Waals surface area contributed by atoms with E-state index in [4.69, 9.17) is 9.40 Å². The van der Waals surface area contributed by atoms with Crippen molar-refractivity contribution in [1.82, 2.24) is 4.98 Å². The quantitative estimate of drug-likeness (QED) is 0.370. The molecule has 0 aliphatic carbocycles. The molecule has 172 valence electrons. The zero-order chi connectivity index (χ0) is 25.7. The Hall–Kier alpha value is -4.56. The average molecular weight is 476 g/mol. The zero-order valence-corrected chi connectivity index (χ0v) is 20.8. The van der Waals surface area contributed by atoms with Crippen LogP contribution in [0.3, 0.4) is 0 Å². The van der Waals surface area contributed by atoms with Crippen molar-refractivity contribution in [3.8, 4) is 39.6 Å². The maximum atomic E-state index is 15.0. The van der Waals surface area contributed by atoms with Gasteiger partial charge in [-0.05, 0) is 57.5 Å². The summed E-state index contributed by atoms with van der Waals surface area (Å²) in [6, 6.07) is 30.2. The van der Waals surface area contributed by atoms with E-state index in [0.717, 1.165) is 38.6 Å². The Morgan fingerprint density at radius 3 is 2.22 bits per heavy atom. The van der Waals surface area contributed by atoms with Gasteiger partial charge in [0.1, 0.15) is 32.7 Å². The van der Waals surface area contributed by atoms with Crippen molar-refractivity contribution in [3.63, 3.8) is 0 Å². The molecule has 0 amide bonds. The number of hydrogen-bond donors (Lipinski definition) is 0. The summed E-state index contributed by atoms with van der Waals surface area (Å²) in [7, 11) is 5.31. The van der Waals surface area contributed by atoms with Crippen molar-refractivity contribution in [1.29, 1.82) is 5.26 Å². The molecule has 0 aliphatic heterocycles. The number of halogens is 1. The monoisotopic (exact) mass is 476 g/mol. The number of benzene rings is 4. The Labute approximate surface area is 216 Å². The van der Waals surface area contributed by atoms with E-state index in [9.17, 15) is 9.65 Å². The summed E-state index contributed by atoms with van der Waals surface area (Å²) in [4.78, 5) is 4.73. The van der Waals surface area contributed by atoms with Crippen molar-refractivity contribution in [2.45, 2.75) is 0 Å². The molecular weight excluding hydrogens is 456 g/mol. The summed E-state index contributed by atoms with van der Waals surface area (Å²) < 4.78 is 21.6. The summed E-state index contributed by atoms with van der Waals surface area (Å²) in [5.41, 5.74) is 8.59. The van der Waals surface area contributed by atoms with Gasteiger partial charge in [-0.1, -0.05) is 60.7 Å². The number of rotatable bonds is 3. The molecule has 0 bridgehead atoms. The molecule has 2 heterocycles. The molecule has 0 fully saturated rings. The van der Waals surface area contributed by atoms with E-state index in [0.29, 0.717) is 38.9 Å². The minimum atomic E-state index is -0.249. The van der Waals surface area contributed by atoms with Gasteiger partial charge in [0, 0.05) is 21.9 Å². The Balaban J connectivity index is 1.64. The van der Waals surface area contributed by atoms with E-state index in [-0.39, 0.29) is 5.82 Å². The highest BCUT2D eigenvalue weighted by Gasteiger charge is 2.21. The molecule has 0 unspecified atom stereocenters. The van der Waals surface area contributed by atoms with Crippen molar-refractivity contribution >= 4 is 62.0 Å². The number of para-hydroxylation sites is 1. The number of hydrogen-bond acceptors (Lipinski definition) is 3. The molecule has 7 heteroatoms. The molecule has 0 spiro atoms. The molecule has 0 radical (unpaired) electrons. The third-order valence-electron chi connectivity index (χ3n) is 7.14. The van der Waals surface area contributed by atoms with Crippen LogP contribution < -0.4 is 16.5 Å². The van der Waals surface area contributed by atoms with Crippen LogP contribution in [0.5, 0.6) is 0 Å². The van der Waals surface area contributed by atoms with Crippen LogP contribution in [0.15, 0.2) is 89.3 Å². The fraction of sp³-hybridized carbons (Fsp3) is 0. The summed E-state index contributed by atoms with van der Waals surface area (Å²) in [6.07, 6.45) is 0. The second kappa shape index (κ2) is 8.83. The largest absolute Gasteiger partial charge is 0.455 e. The van der Waals surface area contributed by atoms with Gasteiger partial charge in [-0.15, -0.1) is 0 Å². The molecule has 6 aromatic rings. The lowest BCUT2D eigenvalue weighted by molar-refractivity contribution is 0.644. The fourth-order valence-corrected chi connectivity index (χ4v) is 5.05. The maximum Gasteiger partial charge on any atom is 0.163 e. The van der Waals surface area contributed by atoms with E-state index in [2.05, 4.69) is 30.3 Å². The van der Waals surface area contributed by atoms with Crippen LogP contribution in [0, 0.1) is 17.1 Å². The number of aromatic nitrogens is 1. The van der Waals surface area contributed by atoms with Crippen LogP contribution in [-0.2, 0) is 0 Å². The molecule has 2 aromatic heterocycles. The zero-order valence-electron chi connectivity index (χ0n) is 20.8. The van der Waals surface area contributed by atoms with Gasteiger partial charge in [-0.2, -0.15) is 5.26 Å². The Bertz CT molecular complexity index is 1890. The molecule has 0 N–H and O–H groups in total. The van der Waals surface area contributed by atoms with E-state index in [1.54, 1.807) is 15.7 Å². The molecule has 0 atom stereocenters. The number of nitrogens with zero attached hydrogens (tertiary/aromatic N) is 2. The van der Waals surface area contributed by atoms with Gasteiger partial charge < -0.3 is 4.42 Å². The lowest BCUT2D eigenvalue weighted by Crippen LogP contribution is -2.38. The van der Waals surface area contributed by atoms with Crippen LogP contribution in [0.1, 0.15) is 5.56 Å². The predicted molar refractivity (Wildman–Crippen MR) is 157 cm³/mol. The summed E-state index contributed by atoms with van der Waals surface area (Å²) in [6.45, 7) is 0. The lowest BCUT2D eigenvalue weighted by atomic mass is 9.78. The molecule has 0 saturated carbocycles. The number of fused-ring (bicyclic) bond motifs is 3. The van der Waals surface area contributed by atoms with Crippen LogP contribution in [0.25, 0.3) is 55.4 Å². The van der Waals surface area contributed by atoms with Crippen LogP contribution >= 0.6 is 0 Å². The van der Waals surface area contributed by atoms with Crippen LogP contribution in [0.2, 0.25) is 0 Å². The molecule has 6 rings (SSSR count).